The average Bonchev–Trinajstić information content (AvgIpc) is 2.14. The fourth-order valence-corrected chi connectivity index (χ4v) is 1.35. The van der Waals surface area contributed by atoms with Crippen molar-refractivity contribution in [3.8, 4) is 0 Å². The first-order valence-electron chi connectivity index (χ1n) is 4.21. The van der Waals surface area contributed by atoms with Crippen molar-refractivity contribution in [2.45, 2.75) is 17.7 Å². The number of benzene rings is 1. The lowest BCUT2D eigenvalue weighted by Gasteiger charge is -2.01. The van der Waals surface area contributed by atoms with Crippen LogP contribution < -0.4 is 5.32 Å². The van der Waals surface area contributed by atoms with Crippen LogP contribution in [0.15, 0.2) is 29.2 Å². The molecule has 0 atom stereocenters. The van der Waals surface area contributed by atoms with Crippen LogP contribution in [-0.2, 0) is 11.2 Å². The lowest BCUT2D eigenvalue weighted by molar-refractivity contribution is -0.120. The smallest absolute Gasteiger partial charge is 0.220 e. The molecule has 0 fully saturated rings. The van der Waals surface area contributed by atoms with Crippen LogP contribution in [0.1, 0.15) is 12.0 Å². The number of thiol groups is 1. The van der Waals surface area contributed by atoms with Crippen molar-refractivity contribution in [3.63, 3.8) is 0 Å². The fourth-order valence-electron chi connectivity index (χ4n) is 1.09. The maximum Gasteiger partial charge on any atom is 0.220 e. The predicted molar refractivity (Wildman–Crippen MR) is 56.1 cm³/mol. The van der Waals surface area contributed by atoms with E-state index < -0.39 is 0 Å². The van der Waals surface area contributed by atoms with E-state index in [4.69, 9.17) is 0 Å². The van der Waals surface area contributed by atoms with Crippen LogP contribution in [0.2, 0.25) is 0 Å². The van der Waals surface area contributed by atoms with Crippen LogP contribution >= 0.6 is 12.6 Å². The SMILES string of the molecule is CNC(=O)CCc1cccc(S)c1. The van der Waals surface area contributed by atoms with Crippen molar-refractivity contribution in [3.05, 3.63) is 29.8 Å². The number of carbonyl (C=O) groups is 1. The van der Waals surface area contributed by atoms with Gasteiger partial charge in [-0.1, -0.05) is 12.1 Å². The standard InChI is InChI=1S/C10H13NOS/c1-11-10(12)6-5-8-3-2-4-9(13)7-8/h2-4,7,13H,5-6H2,1H3,(H,11,12). The highest BCUT2D eigenvalue weighted by Crippen LogP contribution is 2.10. The number of hydrogen-bond donors (Lipinski definition) is 2. The number of aryl methyl sites for hydroxylation is 1. The van der Waals surface area contributed by atoms with Crippen LogP contribution in [0.25, 0.3) is 0 Å². The third-order valence-electron chi connectivity index (χ3n) is 1.83. The van der Waals surface area contributed by atoms with Gasteiger partial charge in [0, 0.05) is 18.4 Å². The van der Waals surface area contributed by atoms with Crippen LogP contribution in [0.3, 0.4) is 0 Å². The summed E-state index contributed by atoms with van der Waals surface area (Å²) in [7, 11) is 1.65. The van der Waals surface area contributed by atoms with Crippen LogP contribution in [0, 0.1) is 0 Å². The Labute approximate surface area is 83.8 Å². The van der Waals surface area contributed by atoms with Gasteiger partial charge in [-0.25, -0.2) is 0 Å². The molecule has 0 radical (unpaired) electrons. The third-order valence-corrected chi connectivity index (χ3v) is 2.11. The normalized spacial score (nSPS) is 9.69. The Bertz CT molecular complexity index is 299. The van der Waals surface area contributed by atoms with E-state index >= 15 is 0 Å². The zero-order valence-electron chi connectivity index (χ0n) is 7.58. The van der Waals surface area contributed by atoms with Gasteiger partial charge in [-0.05, 0) is 24.1 Å². The van der Waals surface area contributed by atoms with Crippen molar-refractivity contribution in [2.75, 3.05) is 7.05 Å². The van der Waals surface area contributed by atoms with Gasteiger partial charge in [0.1, 0.15) is 0 Å². The molecule has 1 aromatic carbocycles. The molecule has 2 nitrogen and oxygen atoms in total. The van der Waals surface area contributed by atoms with Gasteiger partial charge in [0.15, 0.2) is 0 Å². The molecule has 0 saturated carbocycles. The predicted octanol–water partition coefficient (Wildman–Crippen LogP) is 1.65. The van der Waals surface area contributed by atoms with Gasteiger partial charge >= 0.3 is 0 Å². The topological polar surface area (TPSA) is 29.1 Å². The molecule has 70 valence electrons. The first kappa shape index (κ1) is 10.1. The van der Waals surface area contributed by atoms with Gasteiger partial charge < -0.3 is 5.32 Å². The summed E-state index contributed by atoms with van der Waals surface area (Å²) in [5.74, 6) is 0.0737. The van der Waals surface area contributed by atoms with E-state index in [-0.39, 0.29) is 5.91 Å². The monoisotopic (exact) mass is 195 g/mol. The van der Waals surface area contributed by atoms with Crippen LogP contribution in [-0.4, -0.2) is 13.0 Å². The second kappa shape index (κ2) is 4.92. The highest BCUT2D eigenvalue weighted by Gasteiger charge is 1.99. The molecule has 1 aromatic rings. The second-order valence-electron chi connectivity index (χ2n) is 2.84. The van der Waals surface area contributed by atoms with E-state index in [9.17, 15) is 4.79 Å². The largest absolute Gasteiger partial charge is 0.359 e. The molecule has 1 rings (SSSR count). The van der Waals surface area contributed by atoms with Gasteiger partial charge in [0.05, 0.1) is 0 Å². The maximum absolute atomic E-state index is 10.9. The molecule has 1 N–H and O–H groups in total. The molecule has 0 heterocycles. The molecule has 0 aliphatic rings. The molecular weight excluding hydrogens is 182 g/mol. The van der Waals surface area contributed by atoms with Crippen molar-refractivity contribution in [1.82, 2.24) is 5.32 Å². The highest BCUT2D eigenvalue weighted by molar-refractivity contribution is 7.80. The number of hydrogen-bond acceptors (Lipinski definition) is 2. The Hall–Kier alpha value is -0.960. The summed E-state index contributed by atoms with van der Waals surface area (Å²) in [6.45, 7) is 0. The zero-order chi connectivity index (χ0) is 9.68. The summed E-state index contributed by atoms with van der Waals surface area (Å²) in [5.41, 5.74) is 1.15. The lowest BCUT2D eigenvalue weighted by atomic mass is 10.1. The zero-order valence-corrected chi connectivity index (χ0v) is 8.47. The van der Waals surface area contributed by atoms with E-state index in [1.54, 1.807) is 7.05 Å². The van der Waals surface area contributed by atoms with E-state index in [2.05, 4.69) is 17.9 Å². The summed E-state index contributed by atoms with van der Waals surface area (Å²) in [4.78, 5) is 11.9. The molecule has 0 bridgehead atoms. The molecule has 0 aliphatic carbocycles. The molecule has 3 heteroatoms. The maximum atomic E-state index is 10.9. The Morgan fingerprint density at radius 1 is 1.54 bits per heavy atom. The molecule has 0 aliphatic heterocycles. The molecule has 13 heavy (non-hydrogen) atoms. The Kier molecular flexibility index (Phi) is 3.83. The van der Waals surface area contributed by atoms with Gasteiger partial charge in [-0.3, -0.25) is 4.79 Å². The molecule has 0 saturated heterocycles. The Morgan fingerprint density at radius 2 is 2.31 bits per heavy atom. The van der Waals surface area contributed by atoms with Crippen molar-refractivity contribution < 1.29 is 4.79 Å². The average molecular weight is 195 g/mol. The number of rotatable bonds is 3. The van der Waals surface area contributed by atoms with Gasteiger partial charge in [0.2, 0.25) is 5.91 Å². The number of nitrogens with one attached hydrogen (secondary N) is 1. The third kappa shape index (κ3) is 3.51. The summed E-state index contributed by atoms with van der Waals surface area (Å²) in [6.07, 6.45) is 1.31. The summed E-state index contributed by atoms with van der Waals surface area (Å²) >= 11 is 4.22. The second-order valence-corrected chi connectivity index (χ2v) is 3.36. The Balaban J connectivity index is 2.50. The van der Waals surface area contributed by atoms with Crippen LogP contribution in [0.4, 0.5) is 0 Å². The van der Waals surface area contributed by atoms with Crippen molar-refractivity contribution in [2.24, 2.45) is 0 Å². The minimum atomic E-state index is 0.0737. The summed E-state index contributed by atoms with van der Waals surface area (Å²) < 4.78 is 0. The van der Waals surface area contributed by atoms with Crippen molar-refractivity contribution >= 4 is 18.5 Å². The molecule has 0 spiro atoms. The van der Waals surface area contributed by atoms with Crippen LogP contribution in [0.5, 0.6) is 0 Å². The number of carbonyl (C=O) groups excluding carboxylic acids is 1. The van der Waals surface area contributed by atoms with E-state index in [0.717, 1.165) is 16.9 Å². The number of amides is 1. The van der Waals surface area contributed by atoms with Gasteiger partial charge in [-0.2, -0.15) is 0 Å². The summed E-state index contributed by atoms with van der Waals surface area (Å²) in [5, 5.41) is 2.59. The highest BCUT2D eigenvalue weighted by atomic mass is 32.1. The first-order chi connectivity index (χ1) is 6.22. The minimum absolute atomic E-state index is 0.0737. The quantitative estimate of drug-likeness (QED) is 0.706. The fraction of sp³-hybridized carbons (Fsp3) is 0.300. The van der Waals surface area contributed by atoms with Gasteiger partial charge in [0.25, 0.3) is 0 Å². The van der Waals surface area contributed by atoms with E-state index in [0.29, 0.717) is 6.42 Å². The van der Waals surface area contributed by atoms with E-state index in [1.807, 2.05) is 24.3 Å². The first-order valence-corrected chi connectivity index (χ1v) is 4.65. The molecular formula is C10H13NOS. The Morgan fingerprint density at radius 3 is 2.92 bits per heavy atom. The molecule has 0 aromatic heterocycles. The van der Waals surface area contributed by atoms with Crippen molar-refractivity contribution in [1.29, 1.82) is 0 Å². The van der Waals surface area contributed by atoms with Gasteiger partial charge in [-0.15, -0.1) is 12.6 Å². The molecule has 0 unspecified atom stereocenters. The van der Waals surface area contributed by atoms with E-state index in [1.165, 1.54) is 0 Å². The molecule has 1 amide bonds. The lowest BCUT2D eigenvalue weighted by Crippen LogP contribution is -2.17. The summed E-state index contributed by atoms with van der Waals surface area (Å²) in [6, 6.07) is 7.85. The minimum Gasteiger partial charge on any atom is -0.359 e.